The summed E-state index contributed by atoms with van der Waals surface area (Å²) in [6.07, 6.45) is 1.66. The van der Waals surface area contributed by atoms with Crippen LogP contribution in [0.15, 0.2) is 36.7 Å². The Morgan fingerprint density at radius 2 is 2.13 bits per heavy atom. The molecule has 0 saturated carbocycles. The molecule has 78 valence electrons. The van der Waals surface area contributed by atoms with E-state index in [2.05, 4.69) is 10.2 Å². The molecule has 0 aliphatic heterocycles. The molecule has 0 amide bonds. The minimum Gasteiger partial charge on any atom is -0.492 e. The van der Waals surface area contributed by atoms with E-state index in [0.29, 0.717) is 17.9 Å². The summed E-state index contributed by atoms with van der Waals surface area (Å²) in [5.74, 6) is 0.868. The smallest absolute Gasteiger partial charge is 0.195 e. The summed E-state index contributed by atoms with van der Waals surface area (Å²) in [7, 11) is 0. The minimum atomic E-state index is 0.581. The second-order valence-corrected chi connectivity index (χ2v) is 3.40. The molecule has 0 saturated heterocycles. The average molecular weight is 221 g/mol. The number of rotatable bonds is 4. The molecule has 1 aromatic carbocycles. The molecule has 0 radical (unpaired) electrons. The maximum atomic E-state index is 5.53. The lowest BCUT2D eigenvalue weighted by Crippen LogP contribution is -2.07. The van der Waals surface area contributed by atoms with Gasteiger partial charge in [0.15, 0.2) is 4.77 Å². The Morgan fingerprint density at radius 1 is 1.33 bits per heavy atom. The fourth-order valence-electron chi connectivity index (χ4n) is 1.21. The van der Waals surface area contributed by atoms with Gasteiger partial charge < -0.3 is 9.30 Å². The number of aromatic nitrogens is 3. The number of hydrogen-bond acceptors (Lipinski definition) is 3. The van der Waals surface area contributed by atoms with Crippen molar-refractivity contribution in [3.63, 3.8) is 0 Å². The lowest BCUT2D eigenvalue weighted by Gasteiger charge is -2.05. The summed E-state index contributed by atoms with van der Waals surface area (Å²) in [4.78, 5) is 0. The molecular formula is C10H11N3OS. The van der Waals surface area contributed by atoms with Crippen molar-refractivity contribution < 1.29 is 4.74 Å². The lowest BCUT2D eigenvalue weighted by molar-refractivity contribution is 0.297. The largest absolute Gasteiger partial charge is 0.492 e. The van der Waals surface area contributed by atoms with Crippen molar-refractivity contribution in [2.24, 2.45) is 0 Å². The molecule has 0 aliphatic carbocycles. The van der Waals surface area contributed by atoms with E-state index in [-0.39, 0.29) is 0 Å². The molecule has 0 unspecified atom stereocenters. The van der Waals surface area contributed by atoms with Gasteiger partial charge >= 0.3 is 0 Å². The zero-order valence-electron chi connectivity index (χ0n) is 8.09. The van der Waals surface area contributed by atoms with Crippen LogP contribution >= 0.6 is 12.2 Å². The molecule has 1 N–H and O–H groups in total. The normalized spacial score (nSPS) is 10.1. The van der Waals surface area contributed by atoms with Gasteiger partial charge in [-0.2, -0.15) is 5.10 Å². The van der Waals surface area contributed by atoms with Crippen LogP contribution in [0.2, 0.25) is 0 Å². The Balaban J connectivity index is 1.86. The lowest BCUT2D eigenvalue weighted by atomic mass is 10.3. The van der Waals surface area contributed by atoms with Gasteiger partial charge in [0, 0.05) is 0 Å². The summed E-state index contributed by atoms with van der Waals surface area (Å²) in [6, 6.07) is 9.69. The predicted molar refractivity (Wildman–Crippen MR) is 59.3 cm³/mol. The van der Waals surface area contributed by atoms with E-state index in [0.717, 1.165) is 5.75 Å². The zero-order valence-corrected chi connectivity index (χ0v) is 8.91. The van der Waals surface area contributed by atoms with Crippen LogP contribution in [-0.2, 0) is 6.54 Å². The van der Waals surface area contributed by atoms with Crippen molar-refractivity contribution in [1.29, 1.82) is 0 Å². The van der Waals surface area contributed by atoms with E-state index in [9.17, 15) is 0 Å². The van der Waals surface area contributed by atoms with E-state index in [1.807, 2.05) is 34.9 Å². The summed E-state index contributed by atoms with van der Waals surface area (Å²) in [5.41, 5.74) is 0. The van der Waals surface area contributed by atoms with Crippen molar-refractivity contribution in [1.82, 2.24) is 14.8 Å². The van der Waals surface area contributed by atoms with Gasteiger partial charge in [-0.05, 0) is 24.4 Å². The van der Waals surface area contributed by atoms with Gasteiger partial charge in [-0.1, -0.05) is 18.2 Å². The first kappa shape index (κ1) is 9.92. The van der Waals surface area contributed by atoms with E-state index >= 15 is 0 Å². The highest BCUT2D eigenvalue weighted by molar-refractivity contribution is 7.71. The molecule has 0 bridgehead atoms. The molecule has 0 atom stereocenters. The van der Waals surface area contributed by atoms with Gasteiger partial charge in [0.1, 0.15) is 18.7 Å². The van der Waals surface area contributed by atoms with Crippen LogP contribution < -0.4 is 4.74 Å². The number of benzene rings is 1. The number of hydrogen-bond donors (Lipinski definition) is 1. The topological polar surface area (TPSA) is 42.8 Å². The quantitative estimate of drug-likeness (QED) is 0.803. The highest BCUT2D eigenvalue weighted by atomic mass is 32.1. The Kier molecular flexibility index (Phi) is 3.14. The SMILES string of the molecule is S=c1[nH]ncn1CCOc1ccccc1. The molecule has 2 rings (SSSR count). The average Bonchev–Trinajstić information content (AvgIpc) is 2.66. The Morgan fingerprint density at radius 3 is 2.80 bits per heavy atom. The number of aromatic amines is 1. The maximum Gasteiger partial charge on any atom is 0.195 e. The van der Waals surface area contributed by atoms with Crippen molar-refractivity contribution in [3.05, 3.63) is 41.4 Å². The third kappa shape index (κ3) is 2.66. The standard InChI is InChI=1S/C10H11N3OS/c15-10-12-11-8-13(10)6-7-14-9-4-2-1-3-5-9/h1-5,8H,6-7H2,(H,12,15). The Hall–Kier alpha value is -1.62. The van der Waals surface area contributed by atoms with E-state index in [1.54, 1.807) is 6.33 Å². The maximum absolute atomic E-state index is 5.53. The second kappa shape index (κ2) is 4.75. The predicted octanol–water partition coefficient (Wildman–Crippen LogP) is 2.02. The molecule has 1 heterocycles. The van der Waals surface area contributed by atoms with Crippen LogP contribution in [0.3, 0.4) is 0 Å². The second-order valence-electron chi connectivity index (χ2n) is 3.02. The first-order valence-corrected chi connectivity index (χ1v) is 5.05. The van der Waals surface area contributed by atoms with Gasteiger partial charge in [0.2, 0.25) is 0 Å². The first-order valence-electron chi connectivity index (χ1n) is 4.64. The Labute approximate surface area is 92.5 Å². The molecule has 1 aromatic heterocycles. The molecule has 4 nitrogen and oxygen atoms in total. The third-order valence-electron chi connectivity index (χ3n) is 1.96. The van der Waals surface area contributed by atoms with Gasteiger partial charge in [-0.3, -0.25) is 5.10 Å². The molecule has 5 heteroatoms. The van der Waals surface area contributed by atoms with Gasteiger partial charge in [0.25, 0.3) is 0 Å². The van der Waals surface area contributed by atoms with Crippen molar-refractivity contribution >= 4 is 12.2 Å². The van der Waals surface area contributed by atoms with Gasteiger partial charge in [0.05, 0.1) is 6.54 Å². The van der Waals surface area contributed by atoms with Crippen LogP contribution in [0.25, 0.3) is 0 Å². The number of nitrogens with one attached hydrogen (secondary N) is 1. The molecule has 0 aliphatic rings. The van der Waals surface area contributed by atoms with Crippen LogP contribution in [-0.4, -0.2) is 21.4 Å². The van der Waals surface area contributed by atoms with Crippen LogP contribution in [0.4, 0.5) is 0 Å². The van der Waals surface area contributed by atoms with Gasteiger partial charge in [-0.15, -0.1) is 0 Å². The number of para-hydroxylation sites is 1. The fourth-order valence-corrected chi connectivity index (χ4v) is 1.40. The number of nitrogens with zero attached hydrogens (tertiary/aromatic N) is 2. The third-order valence-corrected chi connectivity index (χ3v) is 2.29. The highest BCUT2D eigenvalue weighted by Gasteiger charge is 1.95. The van der Waals surface area contributed by atoms with E-state index in [1.165, 1.54) is 0 Å². The van der Waals surface area contributed by atoms with Crippen LogP contribution in [0.1, 0.15) is 0 Å². The molecule has 0 spiro atoms. The summed E-state index contributed by atoms with van der Waals surface area (Å²) < 4.78 is 7.97. The number of ether oxygens (including phenoxy) is 1. The minimum absolute atomic E-state index is 0.581. The Bertz CT molecular complexity index is 463. The van der Waals surface area contributed by atoms with Gasteiger partial charge in [-0.25, -0.2) is 0 Å². The summed E-state index contributed by atoms with van der Waals surface area (Å²) >= 11 is 5.00. The fraction of sp³-hybridized carbons (Fsp3) is 0.200. The van der Waals surface area contributed by atoms with E-state index < -0.39 is 0 Å². The number of H-pyrrole nitrogens is 1. The van der Waals surface area contributed by atoms with Crippen LogP contribution in [0.5, 0.6) is 5.75 Å². The van der Waals surface area contributed by atoms with Crippen LogP contribution in [0, 0.1) is 4.77 Å². The summed E-state index contributed by atoms with van der Waals surface area (Å²) in [5, 5.41) is 6.52. The zero-order chi connectivity index (χ0) is 10.5. The molecular weight excluding hydrogens is 210 g/mol. The monoisotopic (exact) mass is 221 g/mol. The molecule has 0 fully saturated rings. The van der Waals surface area contributed by atoms with Crippen molar-refractivity contribution in [3.8, 4) is 5.75 Å². The van der Waals surface area contributed by atoms with Crippen molar-refractivity contribution in [2.75, 3.05) is 6.61 Å². The summed E-state index contributed by atoms with van der Waals surface area (Å²) in [6.45, 7) is 1.28. The van der Waals surface area contributed by atoms with Crippen molar-refractivity contribution in [2.45, 2.75) is 6.54 Å². The molecule has 2 aromatic rings. The molecule has 15 heavy (non-hydrogen) atoms. The van der Waals surface area contributed by atoms with E-state index in [4.69, 9.17) is 17.0 Å². The first-order chi connectivity index (χ1) is 7.36. The highest BCUT2D eigenvalue weighted by Crippen LogP contribution is 2.07.